The van der Waals surface area contributed by atoms with Gasteiger partial charge in [-0.2, -0.15) is 0 Å². The highest BCUT2D eigenvalue weighted by molar-refractivity contribution is 5.75. The molecule has 17 heavy (non-hydrogen) atoms. The first-order valence-electron chi connectivity index (χ1n) is 5.20. The molecule has 1 atom stereocenters. The maximum absolute atomic E-state index is 12.9. The Labute approximate surface area is 98.5 Å². The number of rotatable bonds is 5. The Morgan fingerprint density at radius 3 is 2.71 bits per heavy atom. The zero-order valence-corrected chi connectivity index (χ0v) is 9.44. The van der Waals surface area contributed by atoms with Gasteiger partial charge >= 0.3 is 5.97 Å². The van der Waals surface area contributed by atoms with E-state index in [1.807, 2.05) is 0 Å². The summed E-state index contributed by atoms with van der Waals surface area (Å²) in [6, 6.07) is 5.78. The molecule has 0 bridgehead atoms. The summed E-state index contributed by atoms with van der Waals surface area (Å²) in [6.45, 7) is 1.36. The Morgan fingerprint density at radius 2 is 2.18 bits per heavy atom. The highest BCUT2D eigenvalue weighted by Gasteiger charge is 2.18. The predicted octanol–water partition coefficient (Wildman–Crippen LogP) is 1.21. The van der Waals surface area contributed by atoms with Crippen LogP contribution in [0.1, 0.15) is 12.5 Å². The van der Waals surface area contributed by atoms with Crippen molar-refractivity contribution < 1.29 is 19.1 Å². The second kappa shape index (κ2) is 5.98. The summed E-state index contributed by atoms with van der Waals surface area (Å²) < 4.78 is 12.9. The number of benzene rings is 1. The van der Waals surface area contributed by atoms with Crippen molar-refractivity contribution in [2.24, 2.45) is 5.92 Å². The van der Waals surface area contributed by atoms with Gasteiger partial charge in [-0.1, -0.05) is 12.1 Å². The molecule has 5 heteroatoms. The monoisotopic (exact) mass is 239 g/mol. The highest BCUT2D eigenvalue weighted by atomic mass is 19.1. The van der Waals surface area contributed by atoms with Crippen molar-refractivity contribution in [3.05, 3.63) is 35.6 Å². The van der Waals surface area contributed by atoms with Crippen LogP contribution in [0.15, 0.2) is 24.3 Å². The van der Waals surface area contributed by atoms with Crippen LogP contribution in [0.2, 0.25) is 0 Å². The molecule has 2 N–H and O–H groups in total. The average Bonchev–Trinajstić information content (AvgIpc) is 2.23. The first-order valence-corrected chi connectivity index (χ1v) is 5.20. The van der Waals surface area contributed by atoms with Crippen LogP contribution in [0, 0.1) is 11.7 Å². The van der Waals surface area contributed by atoms with Gasteiger partial charge in [0, 0.05) is 13.5 Å². The van der Waals surface area contributed by atoms with Gasteiger partial charge in [0.05, 0.1) is 5.92 Å². The Morgan fingerprint density at radius 1 is 1.47 bits per heavy atom. The number of nitrogens with one attached hydrogen (secondary N) is 1. The van der Waals surface area contributed by atoms with Crippen LogP contribution in [-0.2, 0) is 16.0 Å². The predicted molar refractivity (Wildman–Crippen MR) is 59.9 cm³/mol. The molecule has 0 spiro atoms. The molecule has 0 heterocycles. The van der Waals surface area contributed by atoms with Crippen LogP contribution in [0.5, 0.6) is 0 Å². The fourth-order valence-electron chi connectivity index (χ4n) is 1.46. The molecule has 0 aliphatic carbocycles. The standard InChI is InChI=1S/C12H14FNO3/c1-8(15)14-7-10(12(16)17)5-9-3-2-4-11(13)6-9/h2-4,6,10H,5,7H2,1H3,(H,14,15)(H,16,17). The van der Waals surface area contributed by atoms with Crippen molar-refractivity contribution >= 4 is 11.9 Å². The quantitative estimate of drug-likeness (QED) is 0.811. The molecule has 0 saturated carbocycles. The zero-order valence-electron chi connectivity index (χ0n) is 9.44. The van der Waals surface area contributed by atoms with Crippen LogP contribution in [-0.4, -0.2) is 23.5 Å². The van der Waals surface area contributed by atoms with Crippen molar-refractivity contribution in [2.75, 3.05) is 6.54 Å². The molecule has 1 aromatic rings. The maximum Gasteiger partial charge on any atom is 0.308 e. The third kappa shape index (κ3) is 4.63. The topological polar surface area (TPSA) is 66.4 Å². The zero-order chi connectivity index (χ0) is 12.8. The molecule has 0 aliphatic heterocycles. The lowest BCUT2D eigenvalue weighted by atomic mass is 9.99. The van der Waals surface area contributed by atoms with Gasteiger partial charge in [-0.05, 0) is 24.1 Å². The van der Waals surface area contributed by atoms with E-state index in [4.69, 9.17) is 5.11 Å². The number of carboxylic acids is 1. The second-order valence-corrected chi connectivity index (χ2v) is 3.81. The molecule has 4 nitrogen and oxygen atoms in total. The van der Waals surface area contributed by atoms with Crippen LogP contribution in [0.25, 0.3) is 0 Å². The van der Waals surface area contributed by atoms with Crippen LogP contribution in [0.3, 0.4) is 0 Å². The van der Waals surface area contributed by atoms with Crippen molar-refractivity contribution in [3.8, 4) is 0 Å². The number of amides is 1. The highest BCUT2D eigenvalue weighted by Crippen LogP contribution is 2.10. The van der Waals surface area contributed by atoms with E-state index < -0.39 is 17.7 Å². The van der Waals surface area contributed by atoms with Gasteiger partial charge in [0.1, 0.15) is 5.82 Å². The summed E-state index contributed by atoms with van der Waals surface area (Å²) in [5.74, 6) is -2.44. The minimum Gasteiger partial charge on any atom is -0.481 e. The van der Waals surface area contributed by atoms with E-state index in [9.17, 15) is 14.0 Å². The lowest BCUT2D eigenvalue weighted by Gasteiger charge is -2.12. The van der Waals surface area contributed by atoms with E-state index in [1.54, 1.807) is 6.07 Å². The summed E-state index contributed by atoms with van der Waals surface area (Å²) >= 11 is 0. The van der Waals surface area contributed by atoms with Crippen molar-refractivity contribution in [1.29, 1.82) is 0 Å². The lowest BCUT2D eigenvalue weighted by molar-refractivity contribution is -0.141. The molecule has 0 radical (unpaired) electrons. The third-order valence-electron chi connectivity index (χ3n) is 2.32. The number of carbonyl (C=O) groups is 2. The second-order valence-electron chi connectivity index (χ2n) is 3.81. The van der Waals surface area contributed by atoms with Crippen molar-refractivity contribution in [2.45, 2.75) is 13.3 Å². The summed E-state index contributed by atoms with van der Waals surface area (Å²) in [4.78, 5) is 21.7. The van der Waals surface area contributed by atoms with E-state index in [-0.39, 0.29) is 18.9 Å². The van der Waals surface area contributed by atoms with Crippen LogP contribution < -0.4 is 5.32 Å². The van der Waals surface area contributed by atoms with Gasteiger partial charge in [0.2, 0.25) is 5.91 Å². The Bertz CT molecular complexity index is 420. The van der Waals surface area contributed by atoms with Crippen molar-refractivity contribution in [3.63, 3.8) is 0 Å². The van der Waals surface area contributed by atoms with E-state index in [0.29, 0.717) is 5.56 Å². The normalized spacial score (nSPS) is 11.9. The molecular weight excluding hydrogens is 225 g/mol. The lowest BCUT2D eigenvalue weighted by Crippen LogP contribution is -2.32. The first kappa shape index (κ1) is 13.2. The smallest absolute Gasteiger partial charge is 0.308 e. The van der Waals surface area contributed by atoms with E-state index in [0.717, 1.165) is 0 Å². The minimum absolute atomic E-state index is 0.0428. The number of hydrogen-bond acceptors (Lipinski definition) is 2. The van der Waals surface area contributed by atoms with Crippen LogP contribution in [0.4, 0.5) is 4.39 Å². The van der Waals surface area contributed by atoms with Gasteiger partial charge < -0.3 is 10.4 Å². The molecule has 1 amide bonds. The van der Waals surface area contributed by atoms with Gasteiger partial charge in [-0.15, -0.1) is 0 Å². The first-order chi connectivity index (χ1) is 7.99. The molecule has 92 valence electrons. The Balaban J connectivity index is 2.66. The van der Waals surface area contributed by atoms with Gasteiger partial charge in [0.15, 0.2) is 0 Å². The van der Waals surface area contributed by atoms with E-state index in [2.05, 4.69) is 5.32 Å². The van der Waals surface area contributed by atoms with Crippen molar-refractivity contribution in [1.82, 2.24) is 5.32 Å². The van der Waals surface area contributed by atoms with Gasteiger partial charge in [-0.25, -0.2) is 4.39 Å². The van der Waals surface area contributed by atoms with E-state index >= 15 is 0 Å². The number of carbonyl (C=O) groups excluding carboxylic acids is 1. The largest absolute Gasteiger partial charge is 0.481 e. The Kier molecular flexibility index (Phi) is 4.63. The molecule has 1 aromatic carbocycles. The fourth-order valence-corrected chi connectivity index (χ4v) is 1.46. The SMILES string of the molecule is CC(=O)NCC(Cc1cccc(F)c1)C(=O)O. The molecule has 1 unspecified atom stereocenters. The number of carboxylic acid groups (broad SMARTS) is 1. The third-order valence-corrected chi connectivity index (χ3v) is 2.32. The molecule has 0 fully saturated rings. The minimum atomic E-state index is -1.01. The van der Waals surface area contributed by atoms with Gasteiger partial charge in [-0.3, -0.25) is 9.59 Å². The number of halogens is 1. The summed E-state index contributed by atoms with van der Waals surface area (Å²) in [7, 11) is 0. The molecule has 1 rings (SSSR count). The number of hydrogen-bond donors (Lipinski definition) is 2. The molecule has 0 aromatic heterocycles. The summed E-state index contributed by atoms with van der Waals surface area (Å²) in [5, 5.41) is 11.4. The molecular formula is C12H14FNO3. The molecule has 0 aliphatic rings. The average molecular weight is 239 g/mol. The summed E-state index contributed by atoms with van der Waals surface area (Å²) in [5.41, 5.74) is 0.600. The summed E-state index contributed by atoms with van der Waals surface area (Å²) in [6.07, 6.45) is 0.188. The fraction of sp³-hybridized carbons (Fsp3) is 0.333. The maximum atomic E-state index is 12.9. The number of aliphatic carboxylic acids is 1. The Hall–Kier alpha value is -1.91. The van der Waals surface area contributed by atoms with Crippen LogP contribution >= 0.6 is 0 Å². The van der Waals surface area contributed by atoms with Gasteiger partial charge in [0.25, 0.3) is 0 Å². The molecule has 0 saturated heterocycles. The van der Waals surface area contributed by atoms with E-state index in [1.165, 1.54) is 25.1 Å².